The summed E-state index contributed by atoms with van der Waals surface area (Å²) >= 11 is 6.85. The van der Waals surface area contributed by atoms with E-state index < -0.39 is 0 Å². The third kappa shape index (κ3) is 3.12. The summed E-state index contributed by atoms with van der Waals surface area (Å²) in [7, 11) is 0. The van der Waals surface area contributed by atoms with Gasteiger partial charge in [0, 0.05) is 0 Å². The summed E-state index contributed by atoms with van der Waals surface area (Å²) in [5.41, 5.74) is 2.43. The largest absolute Gasteiger partial charge is 0.103 e. The molecule has 0 heterocycles. The van der Waals surface area contributed by atoms with Crippen molar-refractivity contribution in [3.63, 3.8) is 0 Å². The lowest BCUT2D eigenvalue weighted by Crippen LogP contribution is -1.82. The van der Waals surface area contributed by atoms with E-state index >= 15 is 0 Å². The maximum atomic E-state index is 3.73. The van der Waals surface area contributed by atoms with Crippen LogP contribution in [0.5, 0.6) is 0 Å². The molecule has 0 atom stereocenters. The Labute approximate surface area is 95.6 Å². The Kier molecular flexibility index (Phi) is 4.46. The van der Waals surface area contributed by atoms with E-state index in [2.05, 4.69) is 50.6 Å². The first-order valence-corrected chi connectivity index (χ1v) is 5.54. The van der Waals surface area contributed by atoms with Gasteiger partial charge in [0.15, 0.2) is 0 Å². The van der Waals surface area contributed by atoms with E-state index in [-0.39, 0.29) is 0 Å². The molecule has 0 unspecified atom stereocenters. The minimum atomic E-state index is 0.857. The number of rotatable bonds is 3. The lowest BCUT2D eigenvalue weighted by molar-refractivity contribution is 1.40. The Balaban J connectivity index is 3.04. The van der Waals surface area contributed by atoms with Crippen molar-refractivity contribution in [1.29, 1.82) is 0 Å². The van der Waals surface area contributed by atoms with Gasteiger partial charge in [0.25, 0.3) is 0 Å². The van der Waals surface area contributed by atoms with Crippen molar-refractivity contribution < 1.29 is 0 Å². The van der Waals surface area contributed by atoms with Crippen molar-refractivity contribution in [2.75, 3.05) is 0 Å². The molecule has 2 heteroatoms. The molecule has 13 heavy (non-hydrogen) atoms. The van der Waals surface area contributed by atoms with Crippen LogP contribution in [0.25, 0.3) is 5.57 Å². The molecule has 0 nitrogen and oxygen atoms in total. The van der Waals surface area contributed by atoms with Crippen LogP contribution < -0.4 is 0 Å². The average Bonchev–Trinajstić information content (AvgIpc) is 2.15. The molecular weight excluding hydrogens is 292 g/mol. The first kappa shape index (κ1) is 10.7. The van der Waals surface area contributed by atoms with Gasteiger partial charge in [-0.3, -0.25) is 0 Å². The normalized spacial score (nSPS) is 9.38. The summed E-state index contributed by atoms with van der Waals surface area (Å²) in [6.45, 7) is 3.73. The van der Waals surface area contributed by atoms with Crippen LogP contribution in [0.1, 0.15) is 12.0 Å². The minimum Gasteiger partial charge on any atom is -0.103 e. The summed E-state index contributed by atoms with van der Waals surface area (Å²) in [4.78, 5) is 0. The van der Waals surface area contributed by atoms with Crippen molar-refractivity contribution in [3.8, 4) is 0 Å². The highest BCUT2D eigenvalue weighted by Gasteiger charge is 2.02. The van der Waals surface area contributed by atoms with E-state index in [1.165, 1.54) is 11.1 Å². The van der Waals surface area contributed by atoms with Crippen LogP contribution in [-0.2, 0) is 0 Å². The third-order valence-corrected chi connectivity index (χ3v) is 2.66. The second-order valence-corrected chi connectivity index (χ2v) is 5.25. The quantitative estimate of drug-likeness (QED) is 0.709. The maximum Gasteiger partial charge on any atom is 0.0645 e. The molecule has 1 rings (SSSR count). The van der Waals surface area contributed by atoms with Crippen molar-refractivity contribution in [3.05, 3.63) is 51.9 Å². The summed E-state index contributed by atoms with van der Waals surface area (Å²) in [5, 5.41) is 0. The Morgan fingerprint density at radius 2 is 1.85 bits per heavy atom. The molecule has 0 amide bonds. The van der Waals surface area contributed by atoms with E-state index in [9.17, 15) is 0 Å². The van der Waals surface area contributed by atoms with E-state index in [1.807, 2.05) is 24.3 Å². The zero-order valence-corrected chi connectivity index (χ0v) is 10.3. The molecule has 0 radical (unpaired) electrons. The molecule has 0 aliphatic carbocycles. The highest BCUT2D eigenvalue weighted by atomic mass is 79.9. The first-order valence-electron chi connectivity index (χ1n) is 3.96. The van der Waals surface area contributed by atoms with Crippen LogP contribution in [0.4, 0.5) is 0 Å². The molecule has 0 aromatic heterocycles. The maximum absolute atomic E-state index is 3.73. The van der Waals surface area contributed by atoms with Gasteiger partial charge in [0.1, 0.15) is 0 Å². The van der Waals surface area contributed by atoms with Crippen molar-refractivity contribution in [2.24, 2.45) is 0 Å². The second-order valence-electron chi connectivity index (χ2n) is 2.60. The van der Waals surface area contributed by atoms with Crippen molar-refractivity contribution >= 4 is 37.4 Å². The molecule has 0 aliphatic rings. The van der Waals surface area contributed by atoms with Gasteiger partial charge in [-0.05, 0) is 49.4 Å². The van der Waals surface area contributed by atoms with Crippen LogP contribution in [0, 0.1) is 0 Å². The Hall–Kier alpha value is -0.340. The van der Waals surface area contributed by atoms with Gasteiger partial charge >= 0.3 is 0 Å². The molecule has 1 aromatic rings. The summed E-state index contributed by atoms with van der Waals surface area (Å²) in [6.07, 6.45) is 2.75. The molecule has 0 spiro atoms. The minimum absolute atomic E-state index is 0.857. The van der Waals surface area contributed by atoms with E-state index in [0.29, 0.717) is 0 Å². The average molecular weight is 302 g/mol. The van der Waals surface area contributed by atoms with Crippen LogP contribution in [-0.4, -0.2) is 0 Å². The summed E-state index contributed by atoms with van der Waals surface area (Å²) in [5.74, 6) is 0. The highest BCUT2D eigenvalue weighted by molar-refractivity contribution is 9.28. The van der Waals surface area contributed by atoms with Crippen LogP contribution in [0.15, 0.2) is 46.4 Å². The Morgan fingerprint density at radius 3 is 2.31 bits per heavy atom. The van der Waals surface area contributed by atoms with E-state index in [0.717, 1.165) is 9.81 Å². The third-order valence-electron chi connectivity index (χ3n) is 1.70. The molecule has 0 N–H and O–H groups in total. The van der Waals surface area contributed by atoms with Gasteiger partial charge in [-0.15, -0.1) is 6.58 Å². The van der Waals surface area contributed by atoms with Gasteiger partial charge in [-0.1, -0.05) is 36.4 Å². The van der Waals surface area contributed by atoms with Crippen LogP contribution >= 0.6 is 31.9 Å². The summed E-state index contributed by atoms with van der Waals surface area (Å²) in [6, 6.07) is 10.2. The fourth-order valence-electron chi connectivity index (χ4n) is 1.09. The summed E-state index contributed by atoms with van der Waals surface area (Å²) < 4.78 is 0.992. The molecule has 0 bridgehead atoms. The first-order chi connectivity index (χ1) is 6.25. The standard InChI is InChI=1S/C11H10Br2/c1-2-6-10(11(12)13)9-7-4-3-5-8-9/h2-5,7-8H,1,6H2. The van der Waals surface area contributed by atoms with Gasteiger partial charge in [0.05, 0.1) is 3.39 Å². The molecule has 1 aromatic carbocycles. The van der Waals surface area contributed by atoms with Gasteiger partial charge < -0.3 is 0 Å². The Bertz CT molecular complexity index is 308. The van der Waals surface area contributed by atoms with E-state index in [1.54, 1.807) is 0 Å². The van der Waals surface area contributed by atoms with Gasteiger partial charge in [-0.2, -0.15) is 0 Å². The molecule has 0 fully saturated rings. The number of halogens is 2. The van der Waals surface area contributed by atoms with Crippen molar-refractivity contribution in [2.45, 2.75) is 6.42 Å². The lowest BCUT2D eigenvalue weighted by Gasteiger charge is -2.04. The number of benzene rings is 1. The lowest BCUT2D eigenvalue weighted by atomic mass is 10.1. The molecule has 0 saturated carbocycles. The molecule has 0 aliphatic heterocycles. The zero-order valence-electron chi connectivity index (χ0n) is 7.13. The number of hydrogen-bond acceptors (Lipinski definition) is 0. The Morgan fingerprint density at radius 1 is 1.23 bits per heavy atom. The van der Waals surface area contributed by atoms with Gasteiger partial charge in [-0.25, -0.2) is 0 Å². The SMILES string of the molecule is C=CCC(=C(Br)Br)c1ccccc1. The number of allylic oxidation sites excluding steroid dienone is 2. The van der Waals surface area contributed by atoms with Crippen LogP contribution in [0.3, 0.4) is 0 Å². The van der Waals surface area contributed by atoms with Crippen LogP contribution in [0.2, 0.25) is 0 Å². The topological polar surface area (TPSA) is 0 Å². The second kappa shape index (κ2) is 5.40. The smallest absolute Gasteiger partial charge is 0.0645 e. The molecule has 0 saturated heterocycles. The van der Waals surface area contributed by atoms with Gasteiger partial charge in [0.2, 0.25) is 0 Å². The monoisotopic (exact) mass is 300 g/mol. The highest BCUT2D eigenvalue weighted by Crippen LogP contribution is 2.29. The molecule has 68 valence electrons. The number of hydrogen-bond donors (Lipinski definition) is 0. The fraction of sp³-hybridized carbons (Fsp3) is 0.0909. The fourth-order valence-corrected chi connectivity index (χ4v) is 1.87. The predicted octanol–water partition coefficient (Wildman–Crippen LogP) is 4.72. The van der Waals surface area contributed by atoms with Crippen molar-refractivity contribution in [1.82, 2.24) is 0 Å². The zero-order chi connectivity index (χ0) is 9.68. The van der Waals surface area contributed by atoms with E-state index in [4.69, 9.17) is 0 Å². The molecular formula is C11H10Br2. The predicted molar refractivity (Wildman–Crippen MR) is 66.0 cm³/mol.